The molecule has 1 aromatic carbocycles. The number of quaternary nitrogens is 1. The quantitative estimate of drug-likeness (QED) is 0.383. The van der Waals surface area contributed by atoms with E-state index in [-0.39, 0.29) is 0 Å². The fourth-order valence-electron chi connectivity index (χ4n) is 2.35. The van der Waals surface area contributed by atoms with Gasteiger partial charge in [-0.3, -0.25) is 0 Å². The molecule has 0 fully saturated rings. The molecule has 0 heterocycles. The Hall–Kier alpha value is -0.340. The Balaban J connectivity index is 2.63. The largest absolute Gasteiger partial charge is 0.320 e. The number of rotatable bonds is 8. The molecule has 0 saturated heterocycles. The van der Waals surface area contributed by atoms with Gasteiger partial charge in [-0.25, -0.2) is 0 Å². The lowest BCUT2D eigenvalue weighted by Crippen LogP contribution is -2.47. The van der Waals surface area contributed by atoms with Crippen molar-refractivity contribution in [1.82, 2.24) is 0 Å². The second-order valence-electron chi connectivity index (χ2n) is 4.74. The average molecular weight is 299 g/mol. The van der Waals surface area contributed by atoms with Gasteiger partial charge in [-0.05, 0) is 26.7 Å². The topological polar surface area (TPSA) is 0 Å². The van der Waals surface area contributed by atoms with Gasteiger partial charge in [0.05, 0.1) is 19.6 Å². The SMILES string of the molecule is CC[N+](CC)(CCCCBr)Cc1ccccc1. The highest BCUT2D eigenvalue weighted by molar-refractivity contribution is 9.09. The molecule has 0 spiro atoms. The number of benzene rings is 1. The monoisotopic (exact) mass is 298 g/mol. The fourth-order valence-corrected chi connectivity index (χ4v) is 2.75. The van der Waals surface area contributed by atoms with Crippen LogP contribution in [0.25, 0.3) is 0 Å². The van der Waals surface area contributed by atoms with Crippen molar-refractivity contribution >= 4 is 15.9 Å². The van der Waals surface area contributed by atoms with E-state index in [1.54, 1.807) is 0 Å². The first kappa shape index (κ1) is 14.7. The lowest BCUT2D eigenvalue weighted by molar-refractivity contribution is -0.938. The molecule has 0 amide bonds. The third kappa shape index (κ3) is 4.81. The minimum atomic E-state index is 1.13. The second kappa shape index (κ2) is 7.88. The van der Waals surface area contributed by atoms with Crippen molar-refractivity contribution in [2.75, 3.05) is 25.0 Å². The van der Waals surface area contributed by atoms with Gasteiger partial charge in [0, 0.05) is 10.9 Å². The summed E-state index contributed by atoms with van der Waals surface area (Å²) in [5.74, 6) is 0. The van der Waals surface area contributed by atoms with Gasteiger partial charge in [-0.15, -0.1) is 0 Å². The van der Waals surface area contributed by atoms with Gasteiger partial charge in [0.25, 0.3) is 0 Å². The summed E-state index contributed by atoms with van der Waals surface area (Å²) in [6.07, 6.45) is 2.61. The van der Waals surface area contributed by atoms with Crippen LogP contribution < -0.4 is 0 Å². The molecule has 0 aliphatic carbocycles. The Morgan fingerprint density at radius 1 is 1.00 bits per heavy atom. The highest BCUT2D eigenvalue weighted by Crippen LogP contribution is 2.16. The van der Waals surface area contributed by atoms with E-state index in [4.69, 9.17) is 0 Å². The van der Waals surface area contributed by atoms with Crippen molar-refractivity contribution in [2.24, 2.45) is 0 Å². The third-order valence-corrected chi connectivity index (χ3v) is 4.28. The van der Waals surface area contributed by atoms with E-state index in [2.05, 4.69) is 60.1 Å². The first-order valence-corrected chi connectivity index (χ1v) is 7.83. The summed E-state index contributed by atoms with van der Waals surface area (Å²) in [6.45, 7) is 9.58. The maximum Gasteiger partial charge on any atom is 0.104 e. The minimum absolute atomic E-state index is 1.13. The van der Waals surface area contributed by atoms with Crippen molar-refractivity contribution in [2.45, 2.75) is 33.2 Å². The molecule has 1 rings (SSSR count). The van der Waals surface area contributed by atoms with E-state index < -0.39 is 0 Å². The van der Waals surface area contributed by atoms with Crippen LogP contribution in [-0.4, -0.2) is 29.4 Å². The summed E-state index contributed by atoms with van der Waals surface area (Å²) in [4.78, 5) is 0. The van der Waals surface area contributed by atoms with Gasteiger partial charge in [-0.1, -0.05) is 46.3 Å². The molecule has 0 radical (unpaired) electrons. The normalized spacial score (nSPS) is 11.7. The molecule has 0 N–H and O–H groups in total. The minimum Gasteiger partial charge on any atom is -0.320 e. The Morgan fingerprint density at radius 2 is 1.65 bits per heavy atom. The Morgan fingerprint density at radius 3 is 2.18 bits per heavy atom. The van der Waals surface area contributed by atoms with Gasteiger partial charge >= 0.3 is 0 Å². The lowest BCUT2D eigenvalue weighted by atomic mass is 10.1. The molecule has 17 heavy (non-hydrogen) atoms. The smallest absolute Gasteiger partial charge is 0.104 e. The lowest BCUT2D eigenvalue weighted by Gasteiger charge is -2.37. The molecule has 1 aromatic rings. The average Bonchev–Trinajstić information content (AvgIpc) is 2.39. The molecule has 96 valence electrons. The van der Waals surface area contributed by atoms with Crippen LogP contribution in [0.3, 0.4) is 0 Å². The molecule has 0 unspecified atom stereocenters. The molecule has 0 bridgehead atoms. The molecule has 0 aliphatic rings. The summed E-state index contributed by atoms with van der Waals surface area (Å²) < 4.78 is 1.22. The zero-order valence-electron chi connectivity index (χ0n) is 11.2. The number of alkyl halides is 1. The second-order valence-corrected chi connectivity index (χ2v) is 5.53. The summed E-state index contributed by atoms with van der Waals surface area (Å²) >= 11 is 3.52. The highest BCUT2D eigenvalue weighted by atomic mass is 79.9. The van der Waals surface area contributed by atoms with Crippen LogP contribution in [0.5, 0.6) is 0 Å². The fraction of sp³-hybridized carbons (Fsp3) is 0.600. The standard InChI is InChI=1S/C15H25BrN/c1-3-17(4-2,13-9-8-12-16)14-15-10-6-5-7-11-15/h5-7,10-11H,3-4,8-9,12-14H2,1-2H3/q+1. The molecule has 2 heteroatoms. The predicted octanol–water partition coefficient (Wildman–Crippen LogP) is 4.22. The summed E-state index contributed by atoms with van der Waals surface area (Å²) in [5, 5.41) is 1.13. The van der Waals surface area contributed by atoms with E-state index in [1.165, 1.54) is 49.1 Å². The Bertz CT molecular complexity index is 293. The van der Waals surface area contributed by atoms with Crippen LogP contribution in [-0.2, 0) is 6.54 Å². The van der Waals surface area contributed by atoms with Crippen LogP contribution in [0.15, 0.2) is 30.3 Å². The molecule has 0 atom stereocenters. The summed E-state index contributed by atoms with van der Waals surface area (Å²) in [6, 6.07) is 10.9. The molecule has 1 nitrogen and oxygen atoms in total. The van der Waals surface area contributed by atoms with Crippen molar-refractivity contribution in [3.8, 4) is 0 Å². The van der Waals surface area contributed by atoms with Crippen molar-refractivity contribution < 1.29 is 4.48 Å². The van der Waals surface area contributed by atoms with E-state index >= 15 is 0 Å². The predicted molar refractivity (Wildman–Crippen MR) is 79.4 cm³/mol. The number of halogens is 1. The van der Waals surface area contributed by atoms with Gasteiger partial charge in [-0.2, -0.15) is 0 Å². The Labute approximate surface area is 115 Å². The van der Waals surface area contributed by atoms with Crippen LogP contribution in [0, 0.1) is 0 Å². The molecule has 0 aromatic heterocycles. The maximum atomic E-state index is 3.52. The number of unbranched alkanes of at least 4 members (excludes halogenated alkanes) is 1. The van der Waals surface area contributed by atoms with Gasteiger partial charge in [0.2, 0.25) is 0 Å². The van der Waals surface area contributed by atoms with E-state index in [1.807, 2.05) is 0 Å². The van der Waals surface area contributed by atoms with E-state index in [0.29, 0.717) is 0 Å². The Kier molecular flexibility index (Phi) is 6.83. The van der Waals surface area contributed by atoms with E-state index in [9.17, 15) is 0 Å². The molecule has 0 saturated carbocycles. The van der Waals surface area contributed by atoms with E-state index in [0.717, 1.165) is 5.33 Å². The molecule has 0 aliphatic heterocycles. The maximum absolute atomic E-state index is 3.52. The highest BCUT2D eigenvalue weighted by Gasteiger charge is 2.22. The third-order valence-electron chi connectivity index (χ3n) is 3.72. The van der Waals surface area contributed by atoms with Gasteiger partial charge < -0.3 is 4.48 Å². The summed E-state index contributed by atoms with van der Waals surface area (Å²) in [5.41, 5.74) is 1.47. The van der Waals surface area contributed by atoms with Crippen LogP contribution in [0.4, 0.5) is 0 Å². The first-order chi connectivity index (χ1) is 8.26. The van der Waals surface area contributed by atoms with Crippen molar-refractivity contribution in [3.05, 3.63) is 35.9 Å². The van der Waals surface area contributed by atoms with Crippen LogP contribution in [0.2, 0.25) is 0 Å². The number of hydrogen-bond donors (Lipinski definition) is 0. The number of nitrogens with zero attached hydrogens (tertiary/aromatic N) is 1. The van der Waals surface area contributed by atoms with Crippen molar-refractivity contribution in [1.29, 1.82) is 0 Å². The number of hydrogen-bond acceptors (Lipinski definition) is 0. The summed E-state index contributed by atoms with van der Waals surface area (Å²) in [7, 11) is 0. The molecular formula is C15H25BrN+. The van der Waals surface area contributed by atoms with Gasteiger partial charge in [0.15, 0.2) is 0 Å². The van der Waals surface area contributed by atoms with Crippen LogP contribution >= 0.6 is 15.9 Å². The van der Waals surface area contributed by atoms with Crippen LogP contribution in [0.1, 0.15) is 32.3 Å². The van der Waals surface area contributed by atoms with Gasteiger partial charge in [0.1, 0.15) is 6.54 Å². The zero-order valence-corrected chi connectivity index (χ0v) is 12.7. The molecular weight excluding hydrogens is 274 g/mol. The van der Waals surface area contributed by atoms with Crippen molar-refractivity contribution in [3.63, 3.8) is 0 Å². The first-order valence-electron chi connectivity index (χ1n) is 6.71. The zero-order chi connectivity index (χ0) is 12.6.